The molecule has 1 aliphatic heterocycles. The third-order valence-corrected chi connectivity index (χ3v) is 4.82. The fourth-order valence-electron chi connectivity index (χ4n) is 2.93. The van der Waals surface area contributed by atoms with Crippen molar-refractivity contribution in [3.05, 3.63) is 18.2 Å². The van der Waals surface area contributed by atoms with Crippen molar-refractivity contribution in [3.8, 4) is 11.5 Å². The van der Waals surface area contributed by atoms with Gasteiger partial charge in [-0.25, -0.2) is 0 Å². The molecular weight excluding hydrogens is 322 g/mol. The Labute approximate surface area is 148 Å². The summed E-state index contributed by atoms with van der Waals surface area (Å²) in [6.07, 6.45) is 0.576. The lowest BCUT2D eigenvalue weighted by molar-refractivity contribution is -0.140. The van der Waals surface area contributed by atoms with Crippen LogP contribution in [-0.2, 0) is 9.59 Å². The van der Waals surface area contributed by atoms with Gasteiger partial charge in [-0.1, -0.05) is 6.92 Å². The highest BCUT2D eigenvalue weighted by atomic mass is 16.5. The second kappa shape index (κ2) is 7.74. The molecule has 0 bridgehead atoms. The van der Waals surface area contributed by atoms with E-state index >= 15 is 0 Å². The minimum Gasteiger partial charge on any atom is -0.497 e. The van der Waals surface area contributed by atoms with Gasteiger partial charge in [0.2, 0.25) is 11.8 Å². The van der Waals surface area contributed by atoms with Gasteiger partial charge in [-0.3, -0.25) is 9.59 Å². The normalized spacial score (nSPS) is 19.5. The first kappa shape index (κ1) is 19.1. The Morgan fingerprint density at radius 3 is 2.28 bits per heavy atom. The SMILES string of the molecule is COc1cc(OC)cc(N2CCC(N(C)C(=O)C(C)C(C)N)C2=O)c1. The van der Waals surface area contributed by atoms with Crippen molar-refractivity contribution >= 4 is 17.5 Å². The van der Waals surface area contributed by atoms with Gasteiger partial charge in [-0.05, 0) is 13.3 Å². The summed E-state index contributed by atoms with van der Waals surface area (Å²) in [5, 5.41) is 0. The summed E-state index contributed by atoms with van der Waals surface area (Å²) in [5.74, 6) is 0.673. The molecule has 1 fully saturated rings. The van der Waals surface area contributed by atoms with Crippen LogP contribution in [0, 0.1) is 5.92 Å². The Kier molecular flexibility index (Phi) is 5.89. The zero-order valence-corrected chi connectivity index (χ0v) is 15.5. The summed E-state index contributed by atoms with van der Waals surface area (Å²) < 4.78 is 10.5. The molecular formula is C18H27N3O4. The number of carbonyl (C=O) groups is 2. The van der Waals surface area contributed by atoms with Crippen molar-refractivity contribution in [2.24, 2.45) is 11.7 Å². The molecule has 0 aliphatic carbocycles. The summed E-state index contributed by atoms with van der Waals surface area (Å²) in [5.41, 5.74) is 6.52. The van der Waals surface area contributed by atoms with Crippen LogP contribution in [-0.4, -0.2) is 56.6 Å². The van der Waals surface area contributed by atoms with Gasteiger partial charge < -0.3 is 25.0 Å². The average Bonchev–Trinajstić information content (AvgIpc) is 3.00. The van der Waals surface area contributed by atoms with Crippen molar-refractivity contribution in [2.45, 2.75) is 32.4 Å². The number of ether oxygens (including phenoxy) is 2. The number of amides is 2. The first-order valence-electron chi connectivity index (χ1n) is 8.36. The third-order valence-electron chi connectivity index (χ3n) is 4.82. The van der Waals surface area contributed by atoms with Crippen LogP contribution in [0.3, 0.4) is 0 Å². The molecule has 7 nitrogen and oxygen atoms in total. The van der Waals surface area contributed by atoms with E-state index in [0.717, 1.165) is 0 Å². The molecule has 3 atom stereocenters. The number of hydrogen-bond acceptors (Lipinski definition) is 5. The molecule has 138 valence electrons. The molecule has 1 saturated heterocycles. The summed E-state index contributed by atoms with van der Waals surface area (Å²) in [7, 11) is 4.80. The van der Waals surface area contributed by atoms with Gasteiger partial charge in [0.15, 0.2) is 0 Å². The van der Waals surface area contributed by atoms with Crippen LogP contribution in [0.2, 0.25) is 0 Å². The number of carbonyl (C=O) groups excluding carboxylic acids is 2. The summed E-state index contributed by atoms with van der Waals surface area (Å²) in [4.78, 5) is 28.5. The van der Waals surface area contributed by atoms with E-state index in [2.05, 4.69) is 0 Å². The highest BCUT2D eigenvalue weighted by Crippen LogP contribution is 2.32. The van der Waals surface area contributed by atoms with Gasteiger partial charge >= 0.3 is 0 Å². The lowest BCUT2D eigenvalue weighted by Crippen LogP contribution is -2.47. The average molecular weight is 349 g/mol. The number of likely N-dealkylation sites (N-methyl/N-ethyl adjacent to an activating group) is 1. The zero-order chi connectivity index (χ0) is 18.7. The van der Waals surface area contributed by atoms with Gasteiger partial charge in [0.1, 0.15) is 17.5 Å². The van der Waals surface area contributed by atoms with E-state index in [1.165, 1.54) is 4.90 Å². The largest absolute Gasteiger partial charge is 0.497 e. The number of rotatable bonds is 6. The van der Waals surface area contributed by atoms with Gasteiger partial charge in [-0.2, -0.15) is 0 Å². The molecule has 1 aliphatic rings. The van der Waals surface area contributed by atoms with Crippen molar-refractivity contribution in [2.75, 3.05) is 32.7 Å². The quantitative estimate of drug-likeness (QED) is 0.835. The molecule has 25 heavy (non-hydrogen) atoms. The van der Waals surface area contributed by atoms with E-state index in [1.54, 1.807) is 58.2 Å². The van der Waals surface area contributed by atoms with Crippen molar-refractivity contribution < 1.29 is 19.1 Å². The Morgan fingerprint density at radius 1 is 1.24 bits per heavy atom. The van der Waals surface area contributed by atoms with E-state index < -0.39 is 6.04 Å². The molecule has 1 aromatic rings. The molecule has 0 spiro atoms. The molecule has 2 N–H and O–H groups in total. The lowest BCUT2D eigenvalue weighted by Gasteiger charge is -2.28. The second-order valence-electron chi connectivity index (χ2n) is 6.46. The van der Waals surface area contributed by atoms with Gasteiger partial charge in [-0.15, -0.1) is 0 Å². The van der Waals surface area contributed by atoms with Crippen molar-refractivity contribution in [3.63, 3.8) is 0 Å². The number of hydrogen-bond donors (Lipinski definition) is 1. The van der Waals surface area contributed by atoms with Crippen LogP contribution < -0.4 is 20.1 Å². The fourth-order valence-corrected chi connectivity index (χ4v) is 2.93. The molecule has 0 saturated carbocycles. The number of benzene rings is 1. The van der Waals surface area contributed by atoms with Gasteiger partial charge in [0.05, 0.1) is 25.8 Å². The molecule has 2 rings (SSSR count). The Morgan fingerprint density at radius 2 is 1.80 bits per heavy atom. The van der Waals surface area contributed by atoms with Crippen LogP contribution >= 0.6 is 0 Å². The molecule has 2 amide bonds. The predicted molar refractivity (Wildman–Crippen MR) is 95.9 cm³/mol. The smallest absolute Gasteiger partial charge is 0.249 e. The first-order valence-corrected chi connectivity index (χ1v) is 8.36. The maximum absolute atomic E-state index is 12.9. The van der Waals surface area contributed by atoms with Crippen molar-refractivity contribution in [1.82, 2.24) is 4.90 Å². The predicted octanol–water partition coefficient (Wildman–Crippen LogP) is 1.25. The van der Waals surface area contributed by atoms with Gasteiger partial charge in [0, 0.05) is 37.8 Å². The molecule has 0 radical (unpaired) electrons. The van der Waals surface area contributed by atoms with E-state index in [9.17, 15) is 9.59 Å². The van der Waals surface area contributed by atoms with Gasteiger partial charge in [0.25, 0.3) is 0 Å². The maximum atomic E-state index is 12.9. The van der Waals surface area contributed by atoms with Crippen LogP contribution in [0.25, 0.3) is 0 Å². The topological polar surface area (TPSA) is 85.1 Å². The highest BCUT2D eigenvalue weighted by molar-refractivity contribution is 6.01. The number of nitrogens with zero attached hydrogens (tertiary/aromatic N) is 2. The maximum Gasteiger partial charge on any atom is 0.249 e. The third kappa shape index (κ3) is 3.87. The minimum absolute atomic E-state index is 0.108. The van der Waals surface area contributed by atoms with E-state index in [-0.39, 0.29) is 23.8 Å². The monoisotopic (exact) mass is 349 g/mol. The summed E-state index contributed by atoms with van der Waals surface area (Å²) >= 11 is 0. The second-order valence-corrected chi connectivity index (χ2v) is 6.46. The van der Waals surface area contributed by atoms with Crippen molar-refractivity contribution in [1.29, 1.82) is 0 Å². The Hall–Kier alpha value is -2.28. The van der Waals surface area contributed by atoms with E-state index in [1.807, 2.05) is 0 Å². The Balaban J connectivity index is 2.20. The highest BCUT2D eigenvalue weighted by Gasteiger charge is 2.38. The number of anilines is 1. The summed E-state index contributed by atoms with van der Waals surface area (Å²) in [6, 6.07) is 4.59. The standard InChI is InChI=1S/C18H27N3O4/c1-11(12(2)19)17(22)20(3)16-6-7-21(18(16)23)13-8-14(24-4)10-15(9-13)25-5/h8-12,16H,6-7,19H2,1-5H3. The molecule has 1 heterocycles. The summed E-state index contributed by atoms with van der Waals surface area (Å²) in [6.45, 7) is 4.11. The number of nitrogens with two attached hydrogens (primary N) is 1. The first-order chi connectivity index (χ1) is 11.8. The van der Waals surface area contributed by atoms with Crippen LogP contribution in [0.15, 0.2) is 18.2 Å². The molecule has 0 aromatic heterocycles. The minimum atomic E-state index is -0.481. The fraction of sp³-hybridized carbons (Fsp3) is 0.556. The molecule has 1 aromatic carbocycles. The number of methoxy groups -OCH3 is 2. The Bertz CT molecular complexity index is 625. The molecule has 7 heteroatoms. The van der Waals surface area contributed by atoms with Crippen LogP contribution in [0.1, 0.15) is 20.3 Å². The zero-order valence-electron chi connectivity index (χ0n) is 15.5. The van der Waals surface area contributed by atoms with E-state index in [0.29, 0.717) is 30.2 Å². The molecule has 3 unspecified atom stereocenters. The van der Waals surface area contributed by atoms with Crippen LogP contribution in [0.4, 0.5) is 5.69 Å². The lowest BCUT2D eigenvalue weighted by atomic mass is 10.0. The van der Waals surface area contributed by atoms with Crippen LogP contribution in [0.5, 0.6) is 11.5 Å². The van der Waals surface area contributed by atoms with E-state index in [4.69, 9.17) is 15.2 Å².